The molecule has 1 aliphatic heterocycles. The fourth-order valence-electron chi connectivity index (χ4n) is 3.66. The predicted octanol–water partition coefficient (Wildman–Crippen LogP) is 3.19. The summed E-state index contributed by atoms with van der Waals surface area (Å²) in [5, 5.41) is 9.72. The largest absolute Gasteiger partial charge is 0.487 e. The highest BCUT2D eigenvalue weighted by Gasteiger charge is 2.38. The van der Waals surface area contributed by atoms with Crippen LogP contribution in [-0.4, -0.2) is 68.2 Å². The van der Waals surface area contributed by atoms with E-state index in [0.717, 1.165) is 24.9 Å². The van der Waals surface area contributed by atoms with Gasteiger partial charge in [-0.2, -0.15) is 4.31 Å². The van der Waals surface area contributed by atoms with E-state index in [2.05, 4.69) is 44.6 Å². The van der Waals surface area contributed by atoms with Crippen molar-refractivity contribution in [1.82, 2.24) is 9.21 Å². The fourth-order valence-corrected chi connectivity index (χ4v) is 5.48. The summed E-state index contributed by atoms with van der Waals surface area (Å²) < 4.78 is 34.7. The highest BCUT2D eigenvalue weighted by molar-refractivity contribution is 7.89. The second-order valence-corrected chi connectivity index (χ2v) is 10.9. The van der Waals surface area contributed by atoms with Crippen LogP contribution in [0, 0.1) is 23.7 Å². The van der Waals surface area contributed by atoms with Crippen LogP contribution in [0.3, 0.4) is 0 Å². The van der Waals surface area contributed by atoms with Crippen LogP contribution in [0.25, 0.3) is 0 Å². The Morgan fingerprint density at radius 3 is 2.65 bits per heavy atom. The van der Waals surface area contributed by atoms with E-state index < -0.39 is 16.1 Å². The standard InChI is InChI=1S/C24H38N2O4S/c1-7-13-25(6)16-23-19(4)15-26(20(5)17-27)31(28,29)24-12-11-21(14-22(24)30-23)10-8-9-18(2)3/h11-12,14,18-20,23,27H,7,9,13,15-17H2,1-6H3/t19-,20+,23-/m1/s1. The second kappa shape index (κ2) is 11.3. The topological polar surface area (TPSA) is 70.1 Å². The molecule has 2 rings (SSSR count). The molecule has 1 N–H and O–H groups in total. The first kappa shape index (κ1) is 25.7. The third-order valence-electron chi connectivity index (χ3n) is 5.51. The van der Waals surface area contributed by atoms with Crippen LogP contribution in [-0.2, 0) is 10.0 Å². The monoisotopic (exact) mass is 450 g/mol. The minimum absolute atomic E-state index is 0.0492. The number of likely N-dealkylation sites (N-methyl/N-ethyl adjacent to an activating group) is 1. The lowest BCUT2D eigenvalue weighted by Crippen LogP contribution is -2.49. The Balaban J connectivity index is 2.52. The van der Waals surface area contributed by atoms with E-state index in [1.54, 1.807) is 25.1 Å². The molecule has 0 fully saturated rings. The molecule has 1 aromatic carbocycles. The molecule has 31 heavy (non-hydrogen) atoms. The predicted molar refractivity (Wildman–Crippen MR) is 125 cm³/mol. The van der Waals surface area contributed by atoms with E-state index in [1.807, 2.05) is 6.92 Å². The third kappa shape index (κ3) is 6.69. The highest BCUT2D eigenvalue weighted by Crippen LogP contribution is 2.34. The Kier molecular flexibility index (Phi) is 9.38. The van der Waals surface area contributed by atoms with Crippen LogP contribution in [0.1, 0.15) is 53.0 Å². The molecular weight excluding hydrogens is 412 g/mol. The molecule has 0 spiro atoms. The Hall–Kier alpha value is -1.59. The van der Waals surface area contributed by atoms with Gasteiger partial charge in [-0.3, -0.25) is 0 Å². The molecule has 0 amide bonds. The molecular formula is C24H38N2O4S. The summed E-state index contributed by atoms with van der Waals surface area (Å²) in [5.41, 5.74) is 0.741. The van der Waals surface area contributed by atoms with Crippen molar-refractivity contribution >= 4 is 10.0 Å². The van der Waals surface area contributed by atoms with Crippen molar-refractivity contribution in [3.8, 4) is 17.6 Å². The normalized spacial score (nSPS) is 22.1. The van der Waals surface area contributed by atoms with Crippen LogP contribution in [0.2, 0.25) is 0 Å². The van der Waals surface area contributed by atoms with Gasteiger partial charge in [0.1, 0.15) is 16.7 Å². The average Bonchev–Trinajstić information content (AvgIpc) is 2.70. The van der Waals surface area contributed by atoms with E-state index in [-0.39, 0.29) is 23.5 Å². The number of hydrogen-bond donors (Lipinski definition) is 1. The summed E-state index contributed by atoms with van der Waals surface area (Å²) in [7, 11) is -1.76. The van der Waals surface area contributed by atoms with Gasteiger partial charge in [0, 0.05) is 37.0 Å². The average molecular weight is 451 g/mol. The van der Waals surface area contributed by atoms with Crippen molar-refractivity contribution < 1.29 is 18.3 Å². The minimum atomic E-state index is -3.81. The van der Waals surface area contributed by atoms with Gasteiger partial charge in [0.25, 0.3) is 0 Å². The Bertz CT molecular complexity index is 889. The number of benzene rings is 1. The molecule has 0 bridgehead atoms. The highest BCUT2D eigenvalue weighted by atomic mass is 32.2. The Morgan fingerprint density at radius 1 is 1.32 bits per heavy atom. The number of fused-ring (bicyclic) bond motifs is 1. The maximum absolute atomic E-state index is 13.5. The molecule has 7 heteroatoms. The van der Waals surface area contributed by atoms with Crippen molar-refractivity contribution in [2.75, 3.05) is 33.3 Å². The maximum Gasteiger partial charge on any atom is 0.247 e. The molecule has 1 aromatic rings. The third-order valence-corrected chi connectivity index (χ3v) is 7.53. The van der Waals surface area contributed by atoms with Gasteiger partial charge in [0.15, 0.2) is 0 Å². The molecule has 3 atom stereocenters. The van der Waals surface area contributed by atoms with Crippen LogP contribution in [0.15, 0.2) is 23.1 Å². The summed E-state index contributed by atoms with van der Waals surface area (Å²) in [6, 6.07) is 4.55. The zero-order valence-corrected chi connectivity index (χ0v) is 20.6. The second-order valence-electron chi connectivity index (χ2n) is 9.06. The van der Waals surface area contributed by atoms with Crippen LogP contribution in [0.4, 0.5) is 0 Å². The fraction of sp³-hybridized carbons (Fsp3) is 0.667. The number of nitrogens with zero attached hydrogens (tertiary/aromatic N) is 2. The van der Waals surface area contributed by atoms with Gasteiger partial charge in [-0.25, -0.2) is 8.42 Å². The Morgan fingerprint density at radius 2 is 2.03 bits per heavy atom. The number of aliphatic hydroxyl groups excluding tert-OH is 1. The molecule has 0 saturated carbocycles. The van der Waals surface area contributed by atoms with Gasteiger partial charge in [-0.15, -0.1) is 0 Å². The number of rotatable bonds is 7. The SMILES string of the molecule is CCCN(C)C[C@H]1Oc2cc(C#CCC(C)C)ccc2S(=O)(=O)N([C@@H](C)CO)C[C@H]1C. The summed E-state index contributed by atoms with van der Waals surface area (Å²) in [6.45, 7) is 11.8. The molecule has 174 valence electrons. The quantitative estimate of drug-likeness (QED) is 0.646. The van der Waals surface area contributed by atoms with Crippen molar-refractivity contribution in [1.29, 1.82) is 0 Å². The molecule has 1 heterocycles. The van der Waals surface area contributed by atoms with Gasteiger partial charge in [-0.05, 0) is 51.1 Å². The van der Waals surface area contributed by atoms with Gasteiger partial charge in [0.2, 0.25) is 10.0 Å². The number of ether oxygens (including phenoxy) is 1. The molecule has 0 aromatic heterocycles. The van der Waals surface area contributed by atoms with Crippen molar-refractivity contribution in [2.45, 2.75) is 64.5 Å². The Labute approximate surface area is 188 Å². The van der Waals surface area contributed by atoms with Gasteiger partial charge < -0.3 is 14.7 Å². The van der Waals surface area contributed by atoms with E-state index in [9.17, 15) is 13.5 Å². The zero-order valence-electron chi connectivity index (χ0n) is 19.8. The lowest BCUT2D eigenvalue weighted by Gasteiger charge is -2.37. The van der Waals surface area contributed by atoms with Crippen molar-refractivity contribution in [3.63, 3.8) is 0 Å². The number of hydrogen-bond acceptors (Lipinski definition) is 5. The molecule has 6 nitrogen and oxygen atoms in total. The summed E-state index contributed by atoms with van der Waals surface area (Å²) in [6.07, 6.45) is 1.63. The molecule has 0 saturated heterocycles. The summed E-state index contributed by atoms with van der Waals surface area (Å²) in [5.74, 6) is 7.05. The molecule has 0 aliphatic carbocycles. The van der Waals surface area contributed by atoms with E-state index in [0.29, 0.717) is 24.8 Å². The number of sulfonamides is 1. The van der Waals surface area contributed by atoms with Crippen LogP contribution < -0.4 is 4.74 Å². The lowest BCUT2D eigenvalue weighted by atomic mass is 10.0. The van der Waals surface area contributed by atoms with E-state index in [1.165, 1.54) is 4.31 Å². The smallest absolute Gasteiger partial charge is 0.247 e. The van der Waals surface area contributed by atoms with E-state index >= 15 is 0 Å². The molecule has 1 aliphatic rings. The summed E-state index contributed by atoms with van der Waals surface area (Å²) >= 11 is 0. The van der Waals surface area contributed by atoms with Crippen molar-refractivity contribution in [2.24, 2.45) is 11.8 Å². The molecule has 0 unspecified atom stereocenters. The van der Waals surface area contributed by atoms with E-state index in [4.69, 9.17) is 4.74 Å². The first-order chi connectivity index (χ1) is 14.6. The van der Waals surface area contributed by atoms with Crippen molar-refractivity contribution in [3.05, 3.63) is 23.8 Å². The van der Waals surface area contributed by atoms with Crippen LogP contribution in [0.5, 0.6) is 5.75 Å². The first-order valence-electron chi connectivity index (χ1n) is 11.2. The maximum atomic E-state index is 13.5. The first-order valence-corrected chi connectivity index (χ1v) is 12.6. The van der Waals surface area contributed by atoms with Gasteiger partial charge >= 0.3 is 0 Å². The molecule has 0 radical (unpaired) electrons. The van der Waals surface area contributed by atoms with Gasteiger partial charge in [0.05, 0.1) is 6.61 Å². The minimum Gasteiger partial charge on any atom is -0.487 e. The summed E-state index contributed by atoms with van der Waals surface area (Å²) in [4.78, 5) is 2.35. The van der Waals surface area contributed by atoms with Crippen LogP contribution >= 0.6 is 0 Å². The zero-order chi connectivity index (χ0) is 23.2. The van der Waals surface area contributed by atoms with Gasteiger partial charge in [-0.1, -0.05) is 39.5 Å². The number of aliphatic hydroxyl groups is 1. The lowest BCUT2D eigenvalue weighted by molar-refractivity contribution is 0.0752.